The Labute approximate surface area is 137 Å². The summed E-state index contributed by atoms with van der Waals surface area (Å²) in [5, 5.41) is 12.7. The van der Waals surface area contributed by atoms with Crippen molar-refractivity contribution in [2.75, 3.05) is 12.3 Å². The van der Waals surface area contributed by atoms with Crippen LogP contribution >= 0.6 is 11.8 Å². The fourth-order valence-corrected chi connectivity index (χ4v) is 3.76. The van der Waals surface area contributed by atoms with Crippen molar-refractivity contribution in [3.8, 4) is 0 Å². The van der Waals surface area contributed by atoms with Crippen LogP contribution in [-0.4, -0.2) is 34.7 Å². The zero-order valence-corrected chi connectivity index (χ0v) is 13.4. The number of benzene rings is 1. The molecule has 0 bridgehead atoms. The van der Waals surface area contributed by atoms with E-state index >= 15 is 0 Å². The quantitative estimate of drug-likeness (QED) is 0.831. The van der Waals surface area contributed by atoms with Gasteiger partial charge in [-0.1, -0.05) is 43.2 Å². The van der Waals surface area contributed by atoms with Crippen LogP contribution in [0.2, 0.25) is 0 Å². The Morgan fingerprint density at radius 3 is 2.39 bits per heavy atom. The SMILES string of the molecule is O=C(CSC1CCCC1)NC[C@@](O)(c1ccccc1)C(F)(F)F. The first-order chi connectivity index (χ1) is 10.8. The third-order valence-corrected chi connectivity index (χ3v) is 5.39. The molecule has 3 nitrogen and oxygen atoms in total. The molecule has 1 atom stereocenters. The van der Waals surface area contributed by atoms with Crippen molar-refractivity contribution in [1.29, 1.82) is 0 Å². The van der Waals surface area contributed by atoms with Gasteiger partial charge in [0, 0.05) is 5.25 Å². The van der Waals surface area contributed by atoms with Crippen molar-refractivity contribution in [1.82, 2.24) is 5.32 Å². The largest absolute Gasteiger partial charge is 0.423 e. The van der Waals surface area contributed by atoms with E-state index in [0.717, 1.165) is 25.7 Å². The number of alkyl halides is 3. The minimum absolute atomic E-state index is 0.118. The number of aliphatic hydroxyl groups is 1. The molecule has 0 saturated heterocycles. The molecule has 0 aromatic heterocycles. The maximum Gasteiger partial charge on any atom is 0.423 e. The smallest absolute Gasteiger partial charge is 0.375 e. The fourth-order valence-electron chi connectivity index (χ4n) is 2.61. The van der Waals surface area contributed by atoms with Crippen molar-refractivity contribution in [2.45, 2.75) is 42.7 Å². The monoisotopic (exact) mass is 347 g/mol. The summed E-state index contributed by atoms with van der Waals surface area (Å²) in [6, 6.07) is 6.81. The van der Waals surface area contributed by atoms with Crippen LogP contribution in [0.5, 0.6) is 0 Å². The van der Waals surface area contributed by atoms with E-state index in [1.54, 1.807) is 6.07 Å². The van der Waals surface area contributed by atoms with Crippen molar-refractivity contribution in [3.05, 3.63) is 35.9 Å². The van der Waals surface area contributed by atoms with E-state index in [-0.39, 0.29) is 11.3 Å². The van der Waals surface area contributed by atoms with Crippen LogP contribution in [-0.2, 0) is 10.4 Å². The van der Waals surface area contributed by atoms with Gasteiger partial charge in [-0.2, -0.15) is 13.2 Å². The molecule has 0 spiro atoms. The average molecular weight is 347 g/mol. The lowest BCUT2D eigenvalue weighted by Crippen LogP contribution is -2.51. The van der Waals surface area contributed by atoms with Crippen LogP contribution in [0, 0.1) is 0 Å². The fraction of sp³-hybridized carbons (Fsp3) is 0.562. The molecule has 2 N–H and O–H groups in total. The molecular weight excluding hydrogens is 327 g/mol. The maximum absolute atomic E-state index is 13.3. The van der Waals surface area contributed by atoms with Gasteiger partial charge in [-0.05, 0) is 18.4 Å². The van der Waals surface area contributed by atoms with Crippen LogP contribution in [0.1, 0.15) is 31.2 Å². The van der Waals surface area contributed by atoms with E-state index in [2.05, 4.69) is 5.32 Å². The number of amides is 1. The first kappa shape index (κ1) is 18.1. The van der Waals surface area contributed by atoms with Crippen LogP contribution in [0.25, 0.3) is 0 Å². The van der Waals surface area contributed by atoms with Crippen molar-refractivity contribution < 1.29 is 23.1 Å². The van der Waals surface area contributed by atoms with Gasteiger partial charge in [0.1, 0.15) is 0 Å². The number of halogens is 3. The summed E-state index contributed by atoms with van der Waals surface area (Å²) in [6.07, 6.45) is -0.495. The van der Waals surface area contributed by atoms with Crippen LogP contribution < -0.4 is 5.32 Å². The van der Waals surface area contributed by atoms with Crippen LogP contribution in [0.3, 0.4) is 0 Å². The molecular formula is C16H20F3NO2S. The molecule has 1 aliphatic carbocycles. The summed E-state index contributed by atoms with van der Waals surface area (Å²) in [7, 11) is 0. The molecule has 1 aromatic rings. The molecule has 0 aliphatic heterocycles. The second-order valence-corrected chi connectivity index (χ2v) is 7.01. The average Bonchev–Trinajstić information content (AvgIpc) is 3.03. The van der Waals surface area contributed by atoms with Gasteiger partial charge >= 0.3 is 6.18 Å². The molecule has 1 saturated carbocycles. The third kappa shape index (κ3) is 4.64. The highest BCUT2D eigenvalue weighted by Gasteiger charge is 2.55. The molecule has 1 amide bonds. The number of carbonyl (C=O) groups is 1. The first-order valence-corrected chi connectivity index (χ1v) is 8.61. The van der Waals surface area contributed by atoms with E-state index in [4.69, 9.17) is 0 Å². The van der Waals surface area contributed by atoms with E-state index in [9.17, 15) is 23.1 Å². The molecule has 0 heterocycles. The summed E-state index contributed by atoms with van der Waals surface area (Å²) in [5.74, 6) is -0.367. The summed E-state index contributed by atoms with van der Waals surface area (Å²) in [5.41, 5.74) is -3.36. The molecule has 128 valence electrons. The first-order valence-electron chi connectivity index (χ1n) is 7.56. The maximum atomic E-state index is 13.3. The second kappa shape index (κ2) is 7.57. The number of thioether (sulfide) groups is 1. The van der Waals surface area contributed by atoms with Gasteiger partial charge < -0.3 is 10.4 Å². The van der Waals surface area contributed by atoms with Crippen LogP contribution in [0.15, 0.2) is 30.3 Å². The Morgan fingerprint density at radius 1 is 1.22 bits per heavy atom. The highest BCUT2D eigenvalue weighted by molar-refractivity contribution is 8.00. The predicted octanol–water partition coefficient (Wildman–Crippen LogP) is 3.23. The Bertz CT molecular complexity index is 518. The molecule has 23 heavy (non-hydrogen) atoms. The van der Waals surface area contributed by atoms with E-state index in [1.165, 1.54) is 36.0 Å². The van der Waals surface area contributed by atoms with Crippen molar-refractivity contribution >= 4 is 17.7 Å². The Balaban J connectivity index is 1.94. The summed E-state index contributed by atoms with van der Waals surface area (Å²) < 4.78 is 39.8. The summed E-state index contributed by atoms with van der Waals surface area (Å²) in [6.45, 7) is -0.884. The number of nitrogens with one attached hydrogen (secondary N) is 1. The molecule has 2 rings (SSSR count). The molecule has 7 heteroatoms. The normalized spacial score (nSPS) is 18.6. The molecule has 1 fully saturated rings. The highest BCUT2D eigenvalue weighted by Crippen LogP contribution is 2.38. The minimum Gasteiger partial charge on any atom is -0.375 e. The highest BCUT2D eigenvalue weighted by atomic mass is 32.2. The second-order valence-electron chi connectivity index (χ2n) is 5.72. The zero-order chi connectivity index (χ0) is 16.9. The predicted molar refractivity (Wildman–Crippen MR) is 84.1 cm³/mol. The lowest BCUT2D eigenvalue weighted by molar-refractivity contribution is -0.264. The summed E-state index contributed by atoms with van der Waals surface area (Å²) >= 11 is 1.47. The van der Waals surface area contributed by atoms with E-state index in [0.29, 0.717) is 5.25 Å². The van der Waals surface area contributed by atoms with E-state index in [1.807, 2.05) is 0 Å². The summed E-state index contributed by atoms with van der Waals surface area (Å²) in [4.78, 5) is 11.8. The Kier molecular flexibility index (Phi) is 5.97. The number of hydrogen-bond acceptors (Lipinski definition) is 3. The van der Waals surface area contributed by atoms with Gasteiger partial charge in [0.15, 0.2) is 0 Å². The van der Waals surface area contributed by atoms with Crippen LogP contribution in [0.4, 0.5) is 13.2 Å². The standard InChI is InChI=1S/C16H20F3NO2S/c17-16(18,19)15(22,12-6-2-1-3-7-12)11-20-14(21)10-23-13-8-4-5-9-13/h1-3,6-7,13,22H,4-5,8-11H2,(H,20,21)/t15-/m1/s1. The number of hydrogen-bond donors (Lipinski definition) is 2. The van der Waals surface area contributed by atoms with Gasteiger partial charge in [-0.25, -0.2) is 0 Å². The van der Waals surface area contributed by atoms with Gasteiger partial charge in [0.05, 0.1) is 12.3 Å². The molecule has 0 radical (unpaired) electrons. The molecule has 0 unspecified atom stereocenters. The van der Waals surface area contributed by atoms with Gasteiger partial charge in [-0.15, -0.1) is 11.8 Å². The van der Waals surface area contributed by atoms with Crippen molar-refractivity contribution in [3.63, 3.8) is 0 Å². The van der Waals surface area contributed by atoms with E-state index < -0.39 is 24.2 Å². The van der Waals surface area contributed by atoms with Crippen molar-refractivity contribution in [2.24, 2.45) is 0 Å². The Hall–Kier alpha value is -1.21. The zero-order valence-electron chi connectivity index (χ0n) is 12.6. The number of rotatable bonds is 6. The minimum atomic E-state index is -4.87. The lowest BCUT2D eigenvalue weighted by Gasteiger charge is -2.31. The molecule has 1 aromatic carbocycles. The lowest BCUT2D eigenvalue weighted by atomic mass is 9.93. The Morgan fingerprint density at radius 2 is 1.83 bits per heavy atom. The molecule has 1 aliphatic rings. The van der Waals surface area contributed by atoms with Gasteiger partial charge in [-0.3, -0.25) is 4.79 Å². The number of carbonyl (C=O) groups excluding carboxylic acids is 1. The third-order valence-electron chi connectivity index (χ3n) is 4.01. The topological polar surface area (TPSA) is 49.3 Å². The van der Waals surface area contributed by atoms with Gasteiger partial charge in [0.2, 0.25) is 11.5 Å². The van der Waals surface area contributed by atoms with Gasteiger partial charge in [0.25, 0.3) is 0 Å².